The number of pyridine rings is 1. The molecule has 0 aliphatic carbocycles. The molecule has 4 rings (SSSR count). The van der Waals surface area contributed by atoms with Gasteiger partial charge in [0.05, 0.1) is 11.4 Å². The van der Waals surface area contributed by atoms with Gasteiger partial charge in [-0.25, -0.2) is 9.48 Å². The van der Waals surface area contributed by atoms with Gasteiger partial charge in [0.2, 0.25) is 0 Å². The minimum absolute atomic E-state index is 0.150. The lowest BCUT2D eigenvalue weighted by Crippen LogP contribution is -2.38. The van der Waals surface area contributed by atoms with Gasteiger partial charge in [-0.1, -0.05) is 18.2 Å². The van der Waals surface area contributed by atoms with Gasteiger partial charge in [-0.2, -0.15) is 5.10 Å². The first kappa shape index (κ1) is 19.3. The van der Waals surface area contributed by atoms with E-state index in [4.69, 9.17) is 0 Å². The minimum atomic E-state index is -0.483. The molecule has 8 nitrogen and oxygen atoms in total. The molecule has 0 fully saturated rings. The maximum atomic E-state index is 13.0. The Kier molecular flexibility index (Phi) is 4.97. The van der Waals surface area contributed by atoms with Crippen molar-refractivity contribution in [2.75, 3.05) is 0 Å². The summed E-state index contributed by atoms with van der Waals surface area (Å²) in [6.45, 7) is 0. The zero-order valence-corrected chi connectivity index (χ0v) is 16.5. The molecule has 0 aliphatic heterocycles. The monoisotopic (exact) mass is 401 g/mol. The van der Waals surface area contributed by atoms with E-state index in [1.54, 1.807) is 30.2 Å². The normalized spacial score (nSPS) is 10.9. The number of aromatic nitrogens is 5. The first-order valence-electron chi connectivity index (χ1n) is 9.30. The molecule has 0 unspecified atom stereocenters. The molecule has 0 bridgehead atoms. The van der Waals surface area contributed by atoms with Crippen LogP contribution in [0.1, 0.15) is 16.1 Å². The molecule has 0 atom stereocenters. The summed E-state index contributed by atoms with van der Waals surface area (Å²) in [7, 11) is 2.94. The molecule has 0 saturated carbocycles. The van der Waals surface area contributed by atoms with Crippen molar-refractivity contribution in [3.8, 4) is 16.9 Å². The Morgan fingerprint density at radius 2 is 1.70 bits per heavy atom. The number of carbonyl (C=O) groups is 1. The number of hydrogen-bond donors (Lipinski definition) is 0. The van der Waals surface area contributed by atoms with Crippen molar-refractivity contribution >= 4 is 5.78 Å². The fraction of sp³-hybridized carbons (Fsp3) is 0.136. The van der Waals surface area contributed by atoms with Crippen molar-refractivity contribution in [3.63, 3.8) is 0 Å². The summed E-state index contributed by atoms with van der Waals surface area (Å²) in [6, 6.07) is 14.9. The lowest BCUT2D eigenvalue weighted by molar-refractivity contribution is 0.0987. The van der Waals surface area contributed by atoms with Gasteiger partial charge in [0.1, 0.15) is 5.69 Å². The second-order valence-corrected chi connectivity index (χ2v) is 6.91. The molecule has 30 heavy (non-hydrogen) atoms. The average Bonchev–Trinajstić information content (AvgIpc) is 3.23. The van der Waals surface area contributed by atoms with Crippen LogP contribution in [-0.2, 0) is 20.5 Å². The summed E-state index contributed by atoms with van der Waals surface area (Å²) in [4.78, 5) is 41.3. The third-order valence-electron chi connectivity index (χ3n) is 4.84. The van der Waals surface area contributed by atoms with Gasteiger partial charge in [0, 0.05) is 50.2 Å². The zero-order chi connectivity index (χ0) is 21.3. The number of para-hydroxylation sites is 1. The number of hydrogen-bond acceptors (Lipinski definition) is 5. The van der Waals surface area contributed by atoms with Gasteiger partial charge in [-0.05, 0) is 30.3 Å². The summed E-state index contributed by atoms with van der Waals surface area (Å²) >= 11 is 0. The average molecular weight is 401 g/mol. The van der Waals surface area contributed by atoms with Crippen LogP contribution in [0.4, 0.5) is 0 Å². The van der Waals surface area contributed by atoms with Crippen LogP contribution in [0.25, 0.3) is 16.9 Å². The van der Waals surface area contributed by atoms with Gasteiger partial charge >= 0.3 is 5.69 Å². The van der Waals surface area contributed by atoms with Gasteiger partial charge in [-0.3, -0.25) is 19.1 Å². The molecule has 8 heteroatoms. The highest BCUT2D eigenvalue weighted by Gasteiger charge is 2.19. The summed E-state index contributed by atoms with van der Waals surface area (Å²) in [5.41, 5.74) is 1.96. The van der Waals surface area contributed by atoms with E-state index >= 15 is 0 Å². The van der Waals surface area contributed by atoms with E-state index in [2.05, 4.69) is 10.1 Å². The number of Topliss-reactive ketones (excluding diaryl/α,β-unsaturated/α-hetero) is 1. The Morgan fingerprint density at radius 3 is 2.40 bits per heavy atom. The second-order valence-electron chi connectivity index (χ2n) is 6.91. The predicted molar refractivity (Wildman–Crippen MR) is 112 cm³/mol. The Hall–Kier alpha value is -4.07. The first-order valence-corrected chi connectivity index (χ1v) is 9.30. The van der Waals surface area contributed by atoms with Crippen LogP contribution in [0.15, 0.2) is 76.7 Å². The lowest BCUT2D eigenvalue weighted by Gasteiger charge is -2.07. The maximum Gasteiger partial charge on any atom is 0.330 e. The minimum Gasteiger partial charge on any atom is -0.303 e. The van der Waals surface area contributed by atoms with Crippen LogP contribution in [0.5, 0.6) is 0 Å². The number of aryl methyl sites for hydroxylation is 1. The Balaban J connectivity index is 1.77. The van der Waals surface area contributed by atoms with Crippen molar-refractivity contribution in [1.82, 2.24) is 23.9 Å². The van der Waals surface area contributed by atoms with Gasteiger partial charge in [0.25, 0.3) is 5.56 Å². The molecule has 3 heterocycles. The summed E-state index contributed by atoms with van der Waals surface area (Å²) in [5, 5.41) is 4.51. The van der Waals surface area contributed by atoms with E-state index in [0.29, 0.717) is 0 Å². The first-order chi connectivity index (χ1) is 14.5. The highest BCUT2D eigenvalue weighted by atomic mass is 16.2. The number of carbonyl (C=O) groups excluding carboxylic acids is 1. The SMILES string of the molecule is Cn1cc(CC(=O)c2cc(-c3ccncc3)n(-c3ccccc3)n2)c(=O)n(C)c1=O. The van der Waals surface area contributed by atoms with Crippen LogP contribution in [0.2, 0.25) is 0 Å². The molecule has 0 amide bonds. The van der Waals surface area contributed by atoms with E-state index in [0.717, 1.165) is 21.5 Å². The molecule has 0 spiro atoms. The largest absolute Gasteiger partial charge is 0.330 e. The van der Waals surface area contributed by atoms with E-state index in [9.17, 15) is 14.4 Å². The molecular weight excluding hydrogens is 382 g/mol. The van der Waals surface area contributed by atoms with Crippen LogP contribution in [-0.4, -0.2) is 29.7 Å². The zero-order valence-electron chi connectivity index (χ0n) is 16.5. The Bertz CT molecular complexity index is 1280. The molecular formula is C22H19N5O3. The van der Waals surface area contributed by atoms with Crippen molar-refractivity contribution in [2.24, 2.45) is 14.1 Å². The Morgan fingerprint density at radius 1 is 1.00 bits per heavy atom. The summed E-state index contributed by atoms with van der Waals surface area (Å²) < 4.78 is 3.98. The highest BCUT2D eigenvalue weighted by Crippen LogP contribution is 2.24. The maximum absolute atomic E-state index is 13.0. The van der Waals surface area contributed by atoms with Crippen LogP contribution < -0.4 is 11.2 Å². The summed E-state index contributed by atoms with van der Waals surface area (Å²) in [5.74, 6) is -0.310. The van der Waals surface area contributed by atoms with Crippen molar-refractivity contribution in [2.45, 2.75) is 6.42 Å². The van der Waals surface area contributed by atoms with Gasteiger partial charge in [0.15, 0.2) is 5.78 Å². The molecule has 0 N–H and O–H groups in total. The molecule has 0 aliphatic rings. The number of nitrogens with zero attached hydrogens (tertiary/aromatic N) is 5. The Labute approximate surface area is 171 Å². The topological polar surface area (TPSA) is 91.8 Å². The van der Waals surface area contributed by atoms with Crippen LogP contribution >= 0.6 is 0 Å². The lowest BCUT2D eigenvalue weighted by atomic mass is 10.1. The van der Waals surface area contributed by atoms with E-state index in [1.165, 1.54) is 17.8 Å². The van der Waals surface area contributed by atoms with Crippen molar-refractivity contribution in [3.05, 3.63) is 99.2 Å². The molecule has 3 aromatic heterocycles. The molecule has 1 aromatic carbocycles. The van der Waals surface area contributed by atoms with Crippen LogP contribution in [0.3, 0.4) is 0 Å². The van der Waals surface area contributed by atoms with Crippen molar-refractivity contribution in [1.29, 1.82) is 0 Å². The van der Waals surface area contributed by atoms with E-state index in [-0.39, 0.29) is 23.5 Å². The number of benzene rings is 1. The third kappa shape index (κ3) is 3.50. The smallest absolute Gasteiger partial charge is 0.303 e. The number of ketones is 1. The van der Waals surface area contributed by atoms with Gasteiger partial charge in [-0.15, -0.1) is 0 Å². The van der Waals surface area contributed by atoms with Gasteiger partial charge < -0.3 is 4.57 Å². The fourth-order valence-corrected chi connectivity index (χ4v) is 3.28. The quantitative estimate of drug-likeness (QED) is 0.475. The number of rotatable bonds is 5. The molecule has 4 aromatic rings. The predicted octanol–water partition coefficient (Wildman–Crippen LogP) is 1.76. The second kappa shape index (κ2) is 7.75. The van der Waals surface area contributed by atoms with E-state index < -0.39 is 11.2 Å². The molecule has 0 radical (unpaired) electrons. The highest BCUT2D eigenvalue weighted by molar-refractivity contribution is 5.96. The molecule has 150 valence electrons. The summed E-state index contributed by atoms with van der Waals surface area (Å²) in [6.07, 6.45) is 4.60. The van der Waals surface area contributed by atoms with Crippen molar-refractivity contribution < 1.29 is 4.79 Å². The van der Waals surface area contributed by atoms with E-state index in [1.807, 2.05) is 42.5 Å². The fourth-order valence-electron chi connectivity index (χ4n) is 3.28. The standard InChI is InChI=1S/C22H19N5O3/c1-25-14-16(21(29)26(2)22(25)30)12-20(28)18-13-19(15-8-10-23-11-9-15)27(24-18)17-6-4-3-5-7-17/h3-11,13-14H,12H2,1-2H3. The van der Waals surface area contributed by atoms with Crippen LogP contribution in [0, 0.1) is 0 Å². The molecule has 0 saturated heterocycles. The third-order valence-corrected chi connectivity index (χ3v) is 4.84.